The number of hydrogen-bond donors (Lipinski definition) is 0. The van der Waals surface area contributed by atoms with E-state index in [1.807, 2.05) is 0 Å². The van der Waals surface area contributed by atoms with E-state index in [2.05, 4.69) is 42.2 Å². The quantitative estimate of drug-likeness (QED) is 0.692. The number of alkyl halides is 1. The van der Waals surface area contributed by atoms with E-state index in [1.165, 1.54) is 18.5 Å². The zero-order valence-corrected chi connectivity index (χ0v) is 9.24. The summed E-state index contributed by atoms with van der Waals surface area (Å²) in [6.45, 7) is 3.45. The maximum atomic E-state index is 5.89. The molecular formula is C12H16ClN. The van der Waals surface area contributed by atoms with Crippen LogP contribution in [-0.4, -0.2) is 23.4 Å². The van der Waals surface area contributed by atoms with Crippen LogP contribution in [0.25, 0.3) is 0 Å². The molecule has 2 atom stereocenters. The van der Waals surface area contributed by atoms with Crippen molar-refractivity contribution in [3.8, 4) is 0 Å². The summed E-state index contributed by atoms with van der Waals surface area (Å²) < 4.78 is 0. The van der Waals surface area contributed by atoms with Crippen molar-refractivity contribution in [2.24, 2.45) is 0 Å². The SMILES string of the molecule is CC(c1ccccc1)N1CCC1CCl. The molecule has 1 aromatic rings. The van der Waals surface area contributed by atoms with Crippen molar-refractivity contribution in [1.29, 1.82) is 0 Å². The van der Waals surface area contributed by atoms with Crippen LogP contribution in [0.5, 0.6) is 0 Å². The lowest BCUT2D eigenvalue weighted by atomic mass is 9.98. The number of nitrogens with zero attached hydrogens (tertiary/aromatic N) is 1. The van der Waals surface area contributed by atoms with Crippen molar-refractivity contribution in [1.82, 2.24) is 4.90 Å². The molecule has 0 spiro atoms. The van der Waals surface area contributed by atoms with Gasteiger partial charge < -0.3 is 0 Å². The molecule has 2 heteroatoms. The Morgan fingerprint density at radius 1 is 1.43 bits per heavy atom. The third-order valence-electron chi connectivity index (χ3n) is 3.15. The molecule has 1 aromatic carbocycles. The predicted molar refractivity (Wildman–Crippen MR) is 60.7 cm³/mol. The molecule has 14 heavy (non-hydrogen) atoms. The van der Waals surface area contributed by atoms with Gasteiger partial charge in [-0.05, 0) is 18.9 Å². The van der Waals surface area contributed by atoms with E-state index in [-0.39, 0.29) is 0 Å². The molecule has 0 N–H and O–H groups in total. The van der Waals surface area contributed by atoms with Crippen LogP contribution in [0.1, 0.15) is 24.9 Å². The van der Waals surface area contributed by atoms with Crippen molar-refractivity contribution in [3.05, 3.63) is 35.9 Å². The van der Waals surface area contributed by atoms with Gasteiger partial charge in [0, 0.05) is 24.5 Å². The standard InChI is InChI=1S/C12H16ClN/c1-10(11-5-3-2-4-6-11)14-8-7-12(14)9-13/h2-6,10,12H,7-9H2,1H3. The zero-order chi connectivity index (χ0) is 9.97. The molecule has 2 rings (SSSR count). The van der Waals surface area contributed by atoms with Gasteiger partial charge >= 0.3 is 0 Å². The summed E-state index contributed by atoms with van der Waals surface area (Å²) in [4.78, 5) is 2.47. The summed E-state index contributed by atoms with van der Waals surface area (Å²) in [6.07, 6.45) is 1.25. The Morgan fingerprint density at radius 2 is 2.14 bits per heavy atom. The van der Waals surface area contributed by atoms with E-state index in [1.54, 1.807) is 0 Å². The van der Waals surface area contributed by atoms with Gasteiger partial charge in [-0.2, -0.15) is 0 Å². The van der Waals surface area contributed by atoms with Crippen LogP contribution < -0.4 is 0 Å². The van der Waals surface area contributed by atoms with Crippen molar-refractivity contribution < 1.29 is 0 Å². The molecule has 2 unspecified atom stereocenters. The van der Waals surface area contributed by atoms with Crippen LogP contribution in [0.2, 0.25) is 0 Å². The molecular weight excluding hydrogens is 194 g/mol. The summed E-state index contributed by atoms with van der Waals surface area (Å²) in [6, 6.07) is 11.7. The minimum absolute atomic E-state index is 0.508. The fourth-order valence-electron chi connectivity index (χ4n) is 2.06. The molecule has 1 saturated heterocycles. The lowest BCUT2D eigenvalue weighted by molar-refractivity contribution is 0.0627. The predicted octanol–water partition coefficient (Wildman–Crippen LogP) is 3.06. The Morgan fingerprint density at radius 3 is 2.64 bits per heavy atom. The second kappa shape index (κ2) is 4.33. The minimum atomic E-state index is 0.508. The summed E-state index contributed by atoms with van der Waals surface area (Å²) in [5.41, 5.74) is 1.39. The van der Waals surface area contributed by atoms with Crippen LogP contribution in [-0.2, 0) is 0 Å². The monoisotopic (exact) mass is 209 g/mol. The van der Waals surface area contributed by atoms with Gasteiger partial charge in [-0.15, -0.1) is 11.6 Å². The molecule has 0 bridgehead atoms. The molecule has 0 radical (unpaired) electrons. The molecule has 0 aromatic heterocycles. The largest absolute Gasteiger partial charge is 0.292 e. The maximum absolute atomic E-state index is 5.89. The summed E-state index contributed by atoms with van der Waals surface area (Å²) in [5.74, 6) is 0.761. The third kappa shape index (κ3) is 1.79. The molecule has 1 nitrogen and oxygen atoms in total. The Bertz CT molecular complexity index is 284. The highest BCUT2D eigenvalue weighted by molar-refractivity contribution is 6.18. The summed E-state index contributed by atoms with van der Waals surface area (Å²) in [7, 11) is 0. The molecule has 76 valence electrons. The lowest BCUT2D eigenvalue weighted by Crippen LogP contribution is -2.49. The van der Waals surface area contributed by atoms with Gasteiger partial charge in [0.2, 0.25) is 0 Å². The number of rotatable bonds is 3. The lowest BCUT2D eigenvalue weighted by Gasteiger charge is -2.44. The minimum Gasteiger partial charge on any atom is -0.292 e. The van der Waals surface area contributed by atoms with E-state index in [9.17, 15) is 0 Å². The van der Waals surface area contributed by atoms with Crippen molar-refractivity contribution >= 4 is 11.6 Å². The Labute approximate surface area is 90.7 Å². The van der Waals surface area contributed by atoms with E-state index in [0.29, 0.717) is 12.1 Å². The van der Waals surface area contributed by atoms with E-state index < -0.39 is 0 Å². The van der Waals surface area contributed by atoms with Gasteiger partial charge in [-0.1, -0.05) is 30.3 Å². The van der Waals surface area contributed by atoms with Gasteiger partial charge in [0.05, 0.1) is 0 Å². The Hall–Kier alpha value is -0.530. The number of hydrogen-bond acceptors (Lipinski definition) is 1. The Balaban J connectivity index is 2.05. The van der Waals surface area contributed by atoms with Gasteiger partial charge in [0.25, 0.3) is 0 Å². The molecule has 1 aliphatic rings. The average Bonchev–Trinajstić information content (AvgIpc) is 2.18. The first-order chi connectivity index (χ1) is 6.83. The summed E-state index contributed by atoms with van der Waals surface area (Å²) >= 11 is 5.89. The first-order valence-electron chi connectivity index (χ1n) is 5.19. The van der Waals surface area contributed by atoms with Gasteiger partial charge in [0.1, 0.15) is 0 Å². The normalized spacial score (nSPS) is 24.3. The van der Waals surface area contributed by atoms with Gasteiger partial charge in [-0.3, -0.25) is 4.90 Å². The third-order valence-corrected chi connectivity index (χ3v) is 3.50. The summed E-state index contributed by atoms with van der Waals surface area (Å²) in [5, 5.41) is 0. The van der Waals surface area contributed by atoms with Crippen molar-refractivity contribution in [2.45, 2.75) is 25.4 Å². The first-order valence-corrected chi connectivity index (χ1v) is 5.73. The fourth-order valence-corrected chi connectivity index (χ4v) is 2.39. The molecule has 0 amide bonds. The second-order valence-electron chi connectivity index (χ2n) is 3.92. The molecule has 1 fully saturated rings. The highest BCUT2D eigenvalue weighted by Crippen LogP contribution is 2.30. The Kier molecular flexibility index (Phi) is 3.09. The first kappa shape index (κ1) is 10.0. The number of halogens is 1. The topological polar surface area (TPSA) is 3.24 Å². The zero-order valence-electron chi connectivity index (χ0n) is 8.49. The van der Waals surface area contributed by atoms with E-state index in [4.69, 9.17) is 11.6 Å². The molecule has 0 aliphatic carbocycles. The number of likely N-dealkylation sites (tertiary alicyclic amines) is 1. The van der Waals surface area contributed by atoms with E-state index >= 15 is 0 Å². The highest BCUT2D eigenvalue weighted by Gasteiger charge is 2.31. The molecule has 0 saturated carbocycles. The van der Waals surface area contributed by atoms with Crippen molar-refractivity contribution in [3.63, 3.8) is 0 Å². The van der Waals surface area contributed by atoms with Crippen LogP contribution in [0.3, 0.4) is 0 Å². The van der Waals surface area contributed by atoms with E-state index in [0.717, 1.165) is 5.88 Å². The highest BCUT2D eigenvalue weighted by atomic mass is 35.5. The maximum Gasteiger partial charge on any atom is 0.0380 e. The second-order valence-corrected chi connectivity index (χ2v) is 4.23. The van der Waals surface area contributed by atoms with Crippen LogP contribution in [0.4, 0.5) is 0 Å². The molecule has 1 heterocycles. The average molecular weight is 210 g/mol. The van der Waals surface area contributed by atoms with Crippen molar-refractivity contribution in [2.75, 3.05) is 12.4 Å². The van der Waals surface area contributed by atoms with Gasteiger partial charge in [-0.25, -0.2) is 0 Å². The number of benzene rings is 1. The van der Waals surface area contributed by atoms with Gasteiger partial charge in [0.15, 0.2) is 0 Å². The smallest absolute Gasteiger partial charge is 0.0380 e. The fraction of sp³-hybridized carbons (Fsp3) is 0.500. The van der Waals surface area contributed by atoms with Crippen LogP contribution >= 0.6 is 11.6 Å². The molecule has 1 aliphatic heterocycles. The van der Waals surface area contributed by atoms with Crippen LogP contribution in [0.15, 0.2) is 30.3 Å². The van der Waals surface area contributed by atoms with Crippen LogP contribution in [0, 0.1) is 0 Å².